The number of para-hydroxylation sites is 1. The Morgan fingerprint density at radius 1 is 1.26 bits per heavy atom. The Morgan fingerprint density at radius 2 is 1.96 bits per heavy atom. The van der Waals surface area contributed by atoms with Crippen molar-refractivity contribution < 1.29 is 27.8 Å². The molecule has 0 heterocycles. The highest BCUT2D eigenvalue weighted by molar-refractivity contribution is 5.92. The van der Waals surface area contributed by atoms with Crippen molar-refractivity contribution in [3.8, 4) is 11.5 Å². The Kier molecular flexibility index (Phi) is 7.52. The molecule has 0 spiro atoms. The molecular formula is C15H18F2N2O4. The first-order valence-electron chi connectivity index (χ1n) is 6.76. The minimum atomic E-state index is -3.01. The molecule has 0 aliphatic carbocycles. The minimum Gasteiger partial charge on any atom is -0.493 e. The van der Waals surface area contributed by atoms with Gasteiger partial charge in [-0.25, -0.2) is 0 Å². The molecule has 1 aromatic rings. The number of alkyl halides is 2. The van der Waals surface area contributed by atoms with Gasteiger partial charge in [-0.2, -0.15) is 8.78 Å². The van der Waals surface area contributed by atoms with Gasteiger partial charge < -0.3 is 20.1 Å². The number of carbonyl (C=O) groups excluding carboxylic acids is 2. The Hall–Kier alpha value is -2.64. The van der Waals surface area contributed by atoms with Crippen LogP contribution in [0.3, 0.4) is 0 Å². The van der Waals surface area contributed by atoms with Crippen LogP contribution in [0.4, 0.5) is 8.78 Å². The molecule has 0 atom stereocenters. The van der Waals surface area contributed by atoms with Crippen molar-refractivity contribution >= 4 is 17.9 Å². The molecule has 6 nitrogen and oxygen atoms in total. The van der Waals surface area contributed by atoms with E-state index in [1.165, 1.54) is 38.3 Å². The quantitative estimate of drug-likeness (QED) is 0.561. The number of hydrogen-bond donors (Lipinski definition) is 2. The first-order valence-corrected chi connectivity index (χ1v) is 6.76. The molecule has 0 saturated heterocycles. The van der Waals surface area contributed by atoms with Gasteiger partial charge in [0.2, 0.25) is 11.8 Å². The summed E-state index contributed by atoms with van der Waals surface area (Å²) < 4.78 is 34.3. The maximum absolute atomic E-state index is 12.5. The fraction of sp³-hybridized carbons (Fsp3) is 0.333. The van der Waals surface area contributed by atoms with Crippen LogP contribution < -0.4 is 20.1 Å². The maximum atomic E-state index is 12.5. The summed E-state index contributed by atoms with van der Waals surface area (Å²) >= 11 is 0. The molecule has 8 heteroatoms. The second kappa shape index (κ2) is 9.39. The van der Waals surface area contributed by atoms with Gasteiger partial charge in [-0.1, -0.05) is 12.1 Å². The summed E-state index contributed by atoms with van der Waals surface area (Å²) in [5, 5.41) is 5.06. The minimum absolute atomic E-state index is 0.138. The zero-order valence-corrected chi connectivity index (χ0v) is 12.8. The van der Waals surface area contributed by atoms with E-state index in [4.69, 9.17) is 4.74 Å². The third-order valence-electron chi connectivity index (χ3n) is 2.65. The number of halogens is 2. The normalized spacial score (nSPS) is 10.7. The van der Waals surface area contributed by atoms with Crippen molar-refractivity contribution in [1.29, 1.82) is 0 Å². The van der Waals surface area contributed by atoms with Crippen LogP contribution in [-0.4, -0.2) is 38.6 Å². The van der Waals surface area contributed by atoms with Crippen molar-refractivity contribution in [1.82, 2.24) is 10.6 Å². The van der Waals surface area contributed by atoms with E-state index in [1.54, 1.807) is 6.07 Å². The van der Waals surface area contributed by atoms with Crippen molar-refractivity contribution in [2.45, 2.75) is 13.5 Å². The van der Waals surface area contributed by atoms with Gasteiger partial charge in [-0.3, -0.25) is 9.59 Å². The van der Waals surface area contributed by atoms with Gasteiger partial charge in [0.1, 0.15) is 0 Å². The Balaban J connectivity index is 2.71. The first-order chi connectivity index (χ1) is 10.9. The third-order valence-corrected chi connectivity index (χ3v) is 2.65. The molecule has 2 amide bonds. The average Bonchev–Trinajstić information content (AvgIpc) is 2.49. The number of amides is 2. The van der Waals surface area contributed by atoms with E-state index in [1.807, 2.05) is 0 Å². The molecule has 0 bridgehead atoms. The van der Waals surface area contributed by atoms with Crippen LogP contribution in [0.5, 0.6) is 11.5 Å². The molecule has 1 aromatic carbocycles. The summed E-state index contributed by atoms with van der Waals surface area (Å²) in [4.78, 5) is 22.3. The Morgan fingerprint density at radius 3 is 2.57 bits per heavy atom. The molecule has 1 rings (SSSR count). The van der Waals surface area contributed by atoms with Crippen LogP contribution in [0.15, 0.2) is 24.3 Å². The second-order valence-corrected chi connectivity index (χ2v) is 4.36. The van der Waals surface area contributed by atoms with Crippen molar-refractivity contribution in [3.63, 3.8) is 0 Å². The van der Waals surface area contributed by atoms with Gasteiger partial charge in [0, 0.05) is 31.7 Å². The van der Waals surface area contributed by atoms with E-state index < -0.39 is 12.5 Å². The van der Waals surface area contributed by atoms with Gasteiger partial charge in [0.05, 0.1) is 7.11 Å². The third kappa shape index (κ3) is 6.77. The van der Waals surface area contributed by atoms with Crippen LogP contribution >= 0.6 is 0 Å². The van der Waals surface area contributed by atoms with Crippen LogP contribution in [0.25, 0.3) is 6.08 Å². The Labute approximate surface area is 132 Å². The van der Waals surface area contributed by atoms with E-state index in [2.05, 4.69) is 15.4 Å². The smallest absolute Gasteiger partial charge is 0.387 e. The molecule has 0 aliphatic heterocycles. The van der Waals surface area contributed by atoms with Crippen LogP contribution in [0, 0.1) is 0 Å². The second-order valence-electron chi connectivity index (χ2n) is 4.36. The predicted octanol–water partition coefficient (Wildman–Crippen LogP) is 1.56. The van der Waals surface area contributed by atoms with E-state index in [0.29, 0.717) is 6.54 Å². The molecule has 0 unspecified atom stereocenters. The molecule has 2 N–H and O–H groups in total. The number of rotatable bonds is 8. The fourth-order valence-electron chi connectivity index (χ4n) is 1.69. The largest absolute Gasteiger partial charge is 0.493 e. The number of nitrogens with one attached hydrogen (secondary N) is 2. The van der Waals surface area contributed by atoms with Crippen LogP contribution in [-0.2, 0) is 9.59 Å². The van der Waals surface area contributed by atoms with Crippen molar-refractivity contribution in [2.24, 2.45) is 0 Å². The Bertz CT molecular complexity index is 577. The van der Waals surface area contributed by atoms with Gasteiger partial charge >= 0.3 is 6.61 Å². The topological polar surface area (TPSA) is 76.7 Å². The molecular weight excluding hydrogens is 310 g/mol. The van der Waals surface area contributed by atoms with Crippen molar-refractivity contribution in [2.75, 3.05) is 20.2 Å². The monoisotopic (exact) mass is 328 g/mol. The van der Waals surface area contributed by atoms with Gasteiger partial charge in [-0.15, -0.1) is 0 Å². The predicted molar refractivity (Wildman–Crippen MR) is 80.4 cm³/mol. The van der Waals surface area contributed by atoms with E-state index in [9.17, 15) is 18.4 Å². The zero-order valence-electron chi connectivity index (χ0n) is 12.8. The highest BCUT2D eigenvalue weighted by Crippen LogP contribution is 2.33. The highest BCUT2D eigenvalue weighted by Gasteiger charge is 2.13. The zero-order chi connectivity index (χ0) is 17.2. The van der Waals surface area contributed by atoms with Gasteiger partial charge in [0.15, 0.2) is 11.5 Å². The molecule has 0 aliphatic rings. The molecule has 0 radical (unpaired) electrons. The summed E-state index contributed by atoms with van der Waals surface area (Å²) in [5.74, 6) is -0.632. The molecule has 0 fully saturated rings. The lowest BCUT2D eigenvalue weighted by atomic mass is 10.1. The van der Waals surface area contributed by atoms with E-state index in [0.717, 1.165) is 0 Å². The molecule has 0 aromatic heterocycles. The van der Waals surface area contributed by atoms with E-state index in [-0.39, 0.29) is 29.5 Å². The molecule has 0 saturated carbocycles. The number of methoxy groups -OCH3 is 1. The van der Waals surface area contributed by atoms with E-state index >= 15 is 0 Å². The van der Waals surface area contributed by atoms with Crippen molar-refractivity contribution in [3.05, 3.63) is 29.8 Å². The summed E-state index contributed by atoms with van der Waals surface area (Å²) in [6.07, 6.45) is 2.52. The SMILES string of the molecule is COc1cccc(C=CC(=O)NCCNC(C)=O)c1OC(F)F. The van der Waals surface area contributed by atoms with Crippen LogP contribution in [0.1, 0.15) is 12.5 Å². The summed E-state index contributed by atoms with van der Waals surface area (Å²) in [6, 6.07) is 4.58. The highest BCUT2D eigenvalue weighted by atomic mass is 19.3. The van der Waals surface area contributed by atoms with Crippen LogP contribution in [0.2, 0.25) is 0 Å². The average molecular weight is 328 g/mol. The lowest BCUT2D eigenvalue weighted by molar-refractivity contribution is -0.119. The number of carbonyl (C=O) groups is 2. The number of hydrogen-bond acceptors (Lipinski definition) is 4. The summed E-state index contributed by atoms with van der Waals surface area (Å²) in [6.45, 7) is -1.09. The number of ether oxygens (including phenoxy) is 2. The maximum Gasteiger partial charge on any atom is 0.387 e. The summed E-state index contributed by atoms with van der Waals surface area (Å²) in [7, 11) is 1.33. The number of benzene rings is 1. The lowest BCUT2D eigenvalue weighted by Gasteiger charge is -2.12. The van der Waals surface area contributed by atoms with Gasteiger partial charge in [0.25, 0.3) is 0 Å². The van der Waals surface area contributed by atoms with Gasteiger partial charge in [-0.05, 0) is 12.1 Å². The fourth-order valence-corrected chi connectivity index (χ4v) is 1.69. The molecule has 126 valence electrons. The molecule has 23 heavy (non-hydrogen) atoms. The lowest BCUT2D eigenvalue weighted by Crippen LogP contribution is -2.32. The summed E-state index contributed by atoms with van der Waals surface area (Å²) in [5.41, 5.74) is 0.279. The standard InChI is InChI=1S/C15H18F2N2O4/c1-10(20)18-8-9-19-13(21)7-6-11-4-3-5-12(22-2)14(11)23-15(16)17/h3-7,15H,8-9H2,1-2H3,(H,18,20)(H,19,21). The first kappa shape index (κ1) is 18.4.